The second-order valence-corrected chi connectivity index (χ2v) is 7.89. The van der Waals surface area contributed by atoms with E-state index in [1.165, 1.54) is 10.5 Å². The van der Waals surface area contributed by atoms with E-state index < -0.39 is 0 Å². The summed E-state index contributed by atoms with van der Waals surface area (Å²) in [6.07, 6.45) is 3.07. The van der Waals surface area contributed by atoms with E-state index in [1.54, 1.807) is 7.11 Å². The highest BCUT2D eigenvalue weighted by molar-refractivity contribution is 5.76. The molecule has 166 valence electrons. The van der Waals surface area contributed by atoms with Gasteiger partial charge in [0.1, 0.15) is 12.6 Å². The average Bonchev–Trinajstić information content (AvgIpc) is 3.12. The van der Waals surface area contributed by atoms with Crippen LogP contribution in [0.5, 0.6) is 23.0 Å². The SMILES string of the molecule is COc1ccccc1OCCNC(=O)C[NH+]1CCC[C@@H]1c1ccc2c(c1)OCCCO2. The Bertz CT molecular complexity index is 888. The molecule has 2 aromatic carbocycles. The Kier molecular flexibility index (Phi) is 7.14. The number of fused-ring (bicyclic) bond motifs is 1. The summed E-state index contributed by atoms with van der Waals surface area (Å²) in [6, 6.07) is 14.0. The largest absolute Gasteiger partial charge is 0.493 e. The highest BCUT2D eigenvalue weighted by Crippen LogP contribution is 2.33. The van der Waals surface area contributed by atoms with Crippen molar-refractivity contribution >= 4 is 5.91 Å². The van der Waals surface area contributed by atoms with Crippen molar-refractivity contribution in [1.29, 1.82) is 0 Å². The molecule has 0 saturated carbocycles. The topological polar surface area (TPSA) is 70.5 Å². The number of hydrogen-bond acceptors (Lipinski definition) is 5. The molecular weight excluding hydrogens is 396 g/mol. The molecule has 1 fully saturated rings. The second kappa shape index (κ2) is 10.4. The third-order valence-electron chi connectivity index (χ3n) is 5.80. The molecule has 4 rings (SSSR count). The van der Waals surface area contributed by atoms with Gasteiger partial charge in [0, 0.05) is 24.8 Å². The van der Waals surface area contributed by atoms with Gasteiger partial charge < -0.3 is 29.2 Å². The van der Waals surface area contributed by atoms with Crippen LogP contribution >= 0.6 is 0 Å². The van der Waals surface area contributed by atoms with Gasteiger partial charge >= 0.3 is 0 Å². The van der Waals surface area contributed by atoms with Crippen LogP contribution in [0.15, 0.2) is 42.5 Å². The normalized spacial score (nSPS) is 20.0. The maximum Gasteiger partial charge on any atom is 0.275 e. The minimum atomic E-state index is 0.0415. The maximum atomic E-state index is 12.5. The zero-order chi connectivity index (χ0) is 21.5. The van der Waals surface area contributed by atoms with Crippen molar-refractivity contribution in [3.63, 3.8) is 0 Å². The van der Waals surface area contributed by atoms with Crippen LogP contribution in [0.1, 0.15) is 30.9 Å². The molecular formula is C24H31N2O5+. The number of quaternary nitrogens is 1. The van der Waals surface area contributed by atoms with Gasteiger partial charge in [0.2, 0.25) is 0 Å². The summed E-state index contributed by atoms with van der Waals surface area (Å²) >= 11 is 0. The van der Waals surface area contributed by atoms with Gasteiger partial charge in [-0.15, -0.1) is 0 Å². The molecule has 0 bridgehead atoms. The summed E-state index contributed by atoms with van der Waals surface area (Å²) in [5.74, 6) is 3.04. The Hall–Kier alpha value is -2.93. The lowest BCUT2D eigenvalue weighted by Gasteiger charge is -2.22. The van der Waals surface area contributed by atoms with Gasteiger partial charge in [-0.25, -0.2) is 0 Å². The van der Waals surface area contributed by atoms with E-state index in [-0.39, 0.29) is 5.91 Å². The first-order valence-electron chi connectivity index (χ1n) is 11.0. The van der Waals surface area contributed by atoms with Gasteiger partial charge in [-0.1, -0.05) is 12.1 Å². The molecule has 0 aromatic heterocycles. The summed E-state index contributed by atoms with van der Waals surface area (Å²) < 4.78 is 22.6. The Labute approximate surface area is 183 Å². The number of carbonyl (C=O) groups excluding carboxylic acids is 1. The van der Waals surface area contributed by atoms with Crippen LogP contribution in [0.25, 0.3) is 0 Å². The van der Waals surface area contributed by atoms with Gasteiger partial charge in [0.05, 0.1) is 33.4 Å². The number of hydrogen-bond donors (Lipinski definition) is 2. The summed E-state index contributed by atoms with van der Waals surface area (Å²) in [5, 5.41) is 2.98. The quantitative estimate of drug-likeness (QED) is 0.629. The molecule has 0 spiro atoms. The van der Waals surface area contributed by atoms with Crippen molar-refractivity contribution in [1.82, 2.24) is 5.32 Å². The predicted octanol–water partition coefficient (Wildman–Crippen LogP) is 1.77. The standard InChI is InChI=1S/C24H30N2O5/c1-28-20-7-2-3-8-21(20)31-15-11-25-24(27)17-26-12-4-6-19(26)18-9-10-22-23(16-18)30-14-5-13-29-22/h2-3,7-10,16,19H,4-6,11-15,17H2,1H3,(H,25,27)/p+1/t19-/m1/s1. The zero-order valence-electron chi connectivity index (χ0n) is 18.0. The van der Waals surface area contributed by atoms with Crippen LogP contribution in [0.3, 0.4) is 0 Å². The van der Waals surface area contributed by atoms with E-state index in [0.29, 0.717) is 50.5 Å². The molecule has 2 aromatic rings. The number of para-hydroxylation sites is 2. The van der Waals surface area contributed by atoms with E-state index in [2.05, 4.69) is 17.4 Å². The van der Waals surface area contributed by atoms with Crippen LogP contribution in [0.4, 0.5) is 0 Å². The van der Waals surface area contributed by atoms with E-state index >= 15 is 0 Å². The first-order valence-corrected chi connectivity index (χ1v) is 11.0. The van der Waals surface area contributed by atoms with E-state index in [0.717, 1.165) is 37.3 Å². The van der Waals surface area contributed by atoms with Gasteiger partial charge in [-0.05, 0) is 30.3 Å². The molecule has 2 heterocycles. The maximum absolute atomic E-state index is 12.5. The van der Waals surface area contributed by atoms with Crippen molar-refractivity contribution in [2.24, 2.45) is 0 Å². The highest BCUT2D eigenvalue weighted by Gasteiger charge is 2.32. The van der Waals surface area contributed by atoms with Crippen molar-refractivity contribution in [3.8, 4) is 23.0 Å². The van der Waals surface area contributed by atoms with Gasteiger partial charge in [0.15, 0.2) is 29.5 Å². The number of methoxy groups -OCH3 is 1. The van der Waals surface area contributed by atoms with E-state index in [9.17, 15) is 4.79 Å². The van der Waals surface area contributed by atoms with Gasteiger partial charge in [-0.2, -0.15) is 0 Å². The van der Waals surface area contributed by atoms with Crippen LogP contribution in [0, 0.1) is 0 Å². The fourth-order valence-electron chi connectivity index (χ4n) is 4.28. The fraction of sp³-hybridized carbons (Fsp3) is 0.458. The number of ether oxygens (including phenoxy) is 4. The van der Waals surface area contributed by atoms with Crippen molar-refractivity contribution < 1.29 is 28.6 Å². The molecule has 7 nitrogen and oxygen atoms in total. The molecule has 7 heteroatoms. The fourth-order valence-corrected chi connectivity index (χ4v) is 4.28. The second-order valence-electron chi connectivity index (χ2n) is 7.89. The van der Waals surface area contributed by atoms with E-state index in [1.807, 2.05) is 30.3 Å². The summed E-state index contributed by atoms with van der Waals surface area (Å²) in [6.45, 7) is 3.66. The summed E-state index contributed by atoms with van der Waals surface area (Å²) in [4.78, 5) is 13.8. The van der Waals surface area contributed by atoms with Crippen molar-refractivity contribution in [3.05, 3.63) is 48.0 Å². The minimum absolute atomic E-state index is 0.0415. The van der Waals surface area contributed by atoms with Crippen LogP contribution in [-0.2, 0) is 4.79 Å². The number of carbonyl (C=O) groups is 1. The highest BCUT2D eigenvalue weighted by atomic mass is 16.5. The monoisotopic (exact) mass is 427 g/mol. The summed E-state index contributed by atoms with van der Waals surface area (Å²) in [5.41, 5.74) is 1.21. The molecule has 0 radical (unpaired) electrons. The Morgan fingerprint density at radius 2 is 1.90 bits per heavy atom. The lowest BCUT2D eigenvalue weighted by Crippen LogP contribution is -3.11. The molecule has 31 heavy (non-hydrogen) atoms. The van der Waals surface area contributed by atoms with Crippen molar-refractivity contribution in [2.75, 3.05) is 46.6 Å². The number of rotatable bonds is 8. The first-order chi connectivity index (χ1) is 15.2. The zero-order valence-corrected chi connectivity index (χ0v) is 18.0. The molecule has 2 atom stereocenters. The van der Waals surface area contributed by atoms with Gasteiger partial charge in [-0.3, -0.25) is 4.79 Å². The molecule has 1 amide bonds. The lowest BCUT2D eigenvalue weighted by molar-refractivity contribution is -0.910. The average molecular weight is 428 g/mol. The summed E-state index contributed by atoms with van der Waals surface area (Å²) in [7, 11) is 1.61. The third-order valence-corrected chi connectivity index (χ3v) is 5.80. The number of amides is 1. The third kappa shape index (κ3) is 5.41. The minimum Gasteiger partial charge on any atom is -0.493 e. The lowest BCUT2D eigenvalue weighted by atomic mass is 10.0. The smallest absolute Gasteiger partial charge is 0.275 e. The Morgan fingerprint density at radius 3 is 2.74 bits per heavy atom. The van der Waals surface area contributed by atoms with Crippen molar-refractivity contribution in [2.45, 2.75) is 25.3 Å². The predicted molar refractivity (Wildman–Crippen MR) is 116 cm³/mol. The van der Waals surface area contributed by atoms with Crippen LogP contribution in [-0.4, -0.2) is 52.5 Å². The number of benzene rings is 2. The first kappa shape index (κ1) is 21.3. The van der Waals surface area contributed by atoms with Crippen LogP contribution < -0.4 is 29.2 Å². The molecule has 0 aliphatic carbocycles. The molecule has 1 saturated heterocycles. The molecule has 2 aliphatic heterocycles. The molecule has 2 N–H and O–H groups in total. The van der Waals surface area contributed by atoms with Gasteiger partial charge in [0.25, 0.3) is 5.91 Å². The number of likely N-dealkylation sites (tertiary alicyclic amines) is 1. The number of nitrogens with one attached hydrogen (secondary N) is 2. The molecule has 1 unspecified atom stereocenters. The molecule has 2 aliphatic rings. The Balaban J connectivity index is 1.27. The Morgan fingerprint density at radius 1 is 1.10 bits per heavy atom. The van der Waals surface area contributed by atoms with E-state index in [4.69, 9.17) is 18.9 Å². The van der Waals surface area contributed by atoms with Crippen LogP contribution in [0.2, 0.25) is 0 Å².